The molecule has 0 N–H and O–H groups in total. The van der Waals surface area contributed by atoms with Gasteiger partial charge in [-0.2, -0.15) is 0 Å². The van der Waals surface area contributed by atoms with Crippen LogP contribution in [-0.4, -0.2) is 4.98 Å². The fourth-order valence-corrected chi connectivity index (χ4v) is 2.47. The lowest BCUT2D eigenvalue weighted by Gasteiger charge is -2.26. The first kappa shape index (κ1) is 11.1. The summed E-state index contributed by atoms with van der Waals surface area (Å²) in [5.41, 5.74) is 1.68. The molecule has 0 radical (unpaired) electrons. The van der Waals surface area contributed by atoms with Crippen LogP contribution in [0.1, 0.15) is 39.2 Å². The first-order valence-electron chi connectivity index (χ1n) is 5.98. The van der Waals surface area contributed by atoms with Crippen molar-refractivity contribution in [1.82, 2.24) is 4.98 Å². The van der Waals surface area contributed by atoms with Crippen LogP contribution < -0.4 is 0 Å². The van der Waals surface area contributed by atoms with Gasteiger partial charge in [0, 0.05) is 17.8 Å². The number of hydrogen-bond donors (Lipinski definition) is 0. The van der Waals surface area contributed by atoms with Crippen LogP contribution in [0.15, 0.2) is 36.7 Å². The minimum atomic E-state index is 0.246. The van der Waals surface area contributed by atoms with Crippen molar-refractivity contribution in [2.75, 3.05) is 0 Å². The van der Waals surface area contributed by atoms with Crippen molar-refractivity contribution in [1.29, 1.82) is 0 Å². The van der Waals surface area contributed by atoms with Gasteiger partial charge in [-0.15, -0.1) is 0 Å². The highest BCUT2D eigenvalue weighted by atomic mass is 14.6. The summed E-state index contributed by atoms with van der Waals surface area (Å²) in [7, 11) is 0. The smallest absolute Gasteiger partial charge is 0.0346 e. The second-order valence-electron chi connectivity index (χ2n) is 5.04. The third-order valence-electron chi connectivity index (χ3n) is 3.28. The summed E-state index contributed by atoms with van der Waals surface area (Å²) < 4.78 is 0. The van der Waals surface area contributed by atoms with Gasteiger partial charge >= 0.3 is 0 Å². The summed E-state index contributed by atoms with van der Waals surface area (Å²) in [5.74, 6) is 0. The van der Waals surface area contributed by atoms with E-state index in [-0.39, 0.29) is 5.41 Å². The number of fused-ring (bicyclic) bond motifs is 1. The summed E-state index contributed by atoms with van der Waals surface area (Å²) in [6.07, 6.45) is 6.26. The highest BCUT2D eigenvalue weighted by Gasteiger charge is 2.21. The maximum absolute atomic E-state index is 4.18. The zero-order valence-corrected chi connectivity index (χ0v) is 10.3. The summed E-state index contributed by atoms with van der Waals surface area (Å²) in [5, 5.41) is 2.58. The molecule has 1 aromatic heterocycles. The van der Waals surface area contributed by atoms with Gasteiger partial charge in [0.1, 0.15) is 0 Å². The molecule has 2 aromatic rings. The van der Waals surface area contributed by atoms with Crippen molar-refractivity contribution in [3.63, 3.8) is 0 Å². The Hall–Kier alpha value is -1.37. The molecule has 1 aromatic carbocycles. The molecule has 0 saturated heterocycles. The predicted molar refractivity (Wildman–Crippen MR) is 69.7 cm³/mol. The molecule has 0 spiro atoms. The van der Waals surface area contributed by atoms with Crippen LogP contribution in [-0.2, 0) is 5.41 Å². The zero-order chi connectivity index (χ0) is 11.6. The van der Waals surface area contributed by atoms with Crippen molar-refractivity contribution >= 4 is 10.8 Å². The van der Waals surface area contributed by atoms with E-state index in [1.165, 1.54) is 29.2 Å². The van der Waals surface area contributed by atoms with E-state index in [4.69, 9.17) is 0 Å². The molecular weight excluding hydrogens is 194 g/mol. The van der Waals surface area contributed by atoms with E-state index in [1.54, 1.807) is 0 Å². The second-order valence-corrected chi connectivity index (χ2v) is 5.04. The van der Waals surface area contributed by atoms with E-state index in [2.05, 4.69) is 50.0 Å². The summed E-state index contributed by atoms with van der Waals surface area (Å²) in [4.78, 5) is 4.18. The third-order valence-corrected chi connectivity index (χ3v) is 3.28. The molecule has 0 saturated carbocycles. The van der Waals surface area contributed by atoms with Gasteiger partial charge in [-0.05, 0) is 28.9 Å². The Labute approximate surface area is 97.5 Å². The van der Waals surface area contributed by atoms with Crippen LogP contribution >= 0.6 is 0 Å². The summed E-state index contributed by atoms with van der Waals surface area (Å²) >= 11 is 0. The molecule has 0 aliphatic rings. The molecule has 0 bridgehead atoms. The van der Waals surface area contributed by atoms with Gasteiger partial charge < -0.3 is 0 Å². The maximum atomic E-state index is 4.18. The van der Waals surface area contributed by atoms with E-state index < -0.39 is 0 Å². The fraction of sp³-hybridized carbons (Fsp3) is 0.400. The lowest BCUT2D eigenvalue weighted by atomic mass is 9.79. The van der Waals surface area contributed by atoms with Crippen LogP contribution in [0, 0.1) is 0 Å². The van der Waals surface area contributed by atoms with Crippen LogP contribution in [0.25, 0.3) is 10.8 Å². The molecule has 1 heteroatoms. The number of aromatic nitrogens is 1. The second kappa shape index (κ2) is 4.25. The van der Waals surface area contributed by atoms with Gasteiger partial charge in [0.05, 0.1) is 0 Å². The quantitative estimate of drug-likeness (QED) is 0.740. The Balaban J connectivity index is 2.60. The van der Waals surface area contributed by atoms with Gasteiger partial charge in [-0.3, -0.25) is 4.98 Å². The van der Waals surface area contributed by atoms with E-state index in [1.807, 2.05) is 12.4 Å². The number of hydrogen-bond acceptors (Lipinski definition) is 1. The van der Waals surface area contributed by atoms with Gasteiger partial charge in [-0.1, -0.05) is 45.4 Å². The van der Waals surface area contributed by atoms with E-state index in [0.717, 1.165) is 0 Å². The van der Waals surface area contributed by atoms with Crippen LogP contribution in [0.4, 0.5) is 0 Å². The van der Waals surface area contributed by atoms with Gasteiger partial charge in [0.25, 0.3) is 0 Å². The molecule has 16 heavy (non-hydrogen) atoms. The average Bonchev–Trinajstić information content (AvgIpc) is 2.28. The molecular formula is C15H19N. The molecule has 0 atom stereocenters. The summed E-state index contributed by atoms with van der Waals surface area (Å²) in [6, 6.07) is 8.64. The lowest BCUT2D eigenvalue weighted by molar-refractivity contribution is 0.477. The molecule has 1 heterocycles. The Bertz CT molecular complexity index is 480. The van der Waals surface area contributed by atoms with Crippen LogP contribution in [0.3, 0.4) is 0 Å². The molecule has 0 aliphatic heterocycles. The van der Waals surface area contributed by atoms with Crippen molar-refractivity contribution in [3.8, 4) is 0 Å². The molecule has 0 fully saturated rings. The van der Waals surface area contributed by atoms with E-state index in [0.29, 0.717) is 0 Å². The van der Waals surface area contributed by atoms with Gasteiger partial charge in [-0.25, -0.2) is 0 Å². The van der Waals surface area contributed by atoms with Gasteiger partial charge in [0.2, 0.25) is 0 Å². The lowest BCUT2D eigenvalue weighted by Crippen LogP contribution is -2.16. The highest BCUT2D eigenvalue weighted by Crippen LogP contribution is 2.33. The highest BCUT2D eigenvalue weighted by molar-refractivity contribution is 5.85. The Kier molecular flexibility index (Phi) is 2.95. The minimum Gasteiger partial charge on any atom is -0.264 e. The molecule has 0 amide bonds. The molecule has 0 aliphatic carbocycles. The maximum Gasteiger partial charge on any atom is 0.0346 e. The Morgan fingerprint density at radius 3 is 2.75 bits per heavy atom. The van der Waals surface area contributed by atoms with Crippen molar-refractivity contribution in [3.05, 3.63) is 42.2 Å². The fourth-order valence-electron chi connectivity index (χ4n) is 2.47. The number of benzene rings is 1. The number of rotatable bonds is 3. The topological polar surface area (TPSA) is 12.9 Å². The SMILES string of the molecule is CCCC(C)(C)c1cccc2cnccc12. The Morgan fingerprint density at radius 1 is 1.19 bits per heavy atom. The number of pyridine rings is 1. The van der Waals surface area contributed by atoms with E-state index >= 15 is 0 Å². The minimum absolute atomic E-state index is 0.246. The normalized spacial score (nSPS) is 11.9. The molecule has 84 valence electrons. The largest absolute Gasteiger partial charge is 0.264 e. The van der Waals surface area contributed by atoms with Crippen LogP contribution in [0.5, 0.6) is 0 Å². The van der Waals surface area contributed by atoms with Crippen molar-refractivity contribution in [2.24, 2.45) is 0 Å². The molecule has 0 unspecified atom stereocenters. The average molecular weight is 213 g/mol. The Morgan fingerprint density at radius 2 is 2.00 bits per heavy atom. The zero-order valence-electron chi connectivity index (χ0n) is 10.3. The van der Waals surface area contributed by atoms with Crippen molar-refractivity contribution < 1.29 is 0 Å². The first-order valence-corrected chi connectivity index (χ1v) is 5.98. The monoisotopic (exact) mass is 213 g/mol. The predicted octanol–water partition coefficient (Wildman–Crippen LogP) is 4.31. The summed E-state index contributed by atoms with van der Waals surface area (Å²) in [6.45, 7) is 6.89. The van der Waals surface area contributed by atoms with Gasteiger partial charge in [0.15, 0.2) is 0 Å². The van der Waals surface area contributed by atoms with E-state index in [9.17, 15) is 0 Å². The standard InChI is InChI=1S/C15H19N/c1-4-9-15(2,3)14-7-5-6-12-11-16-10-8-13(12)14/h5-8,10-11H,4,9H2,1-3H3. The van der Waals surface area contributed by atoms with Crippen LogP contribution in [0.2, 0.25) is 0 Å². The molecule has 2 rings (SSSR count). The third kappa shape index (κ3) is 1.95. The first-order chi connectivity index (χ1) is 7.65. The van der Waals surface area contributed by atoms with Crippen molar-refractivity contribution in [2.45, 2.75) is 39.0 Å². The number of nitrogens with zero attached hydrogens (tertiary/aromatic N) is 1. The molecule has 1 nitrogen and oxygen atoms in total.